The second-order valence-corrected chi connectivity index (χ2v) is 12.0. The number of halogens is 1. The average Bonchev–Trinajstić information content (AvgIpc) is 2.68. The van der Waals surface area contributed by atoms with Gasteiger partial charge in [0.1, 0.15) is 4.60 Å². The molecule has 104 valence electrons. The van der Waals surface area contributed by atoms with Crippen molar-refractivity contribution in [2.24, 2.45) is 0 Å². The highest BCUT2D eigenvalue weighted by Gasteiger charge is 2.37. The van der Waals surface area contributed by atoms with Crippen LogP contribution in [0.4, 0.5) is 0 Å². The molecule has 3 nitrogen and oxygen atoms in total. The molecule has 1 heterocycles. The van der Waals surface area contributed by atoms with E-state index in [1.54, 1.807) is 0 Å². The lowest BCUT2D eigenvalue weighted by Gasteiger charge is -2.36. The molecular formula is C14H21BrN2OSi. The van der Waals surface area contributed by atoms with Gasteiger partial charge >= 0.3 is 0 Å². The van der Waals surface area contributed by atoms with Crippen molar-refractivity contribution < 1.29 is 4.43 Å². The van der Waals surface area contributed by atoms with E-state index in [0.717, 1.165) is 15.5 Å². The van der Waals surface area contributed by atoms with E-state index in [0.29, 0.717) is 6.61 Å². The molecule has 0 aliphatic heterocycles. The lowest BCUT2D eigenvalue weighted by molar-refractivity contribution is 0.277. The first-order chi connectivity index (χ1) is 8.72. The molecule has 0 bridgehead atoms. The van der Waals surface area contributed by atoms with Gasteiger partial charge in [-0.3, -0.25) is 5.10 Å². The van der Waals surface area contributed by atoms with Crippen molar-refractivity contribution in [2.45, 2.75) is 45.5 Å². The fourth-order valence-electron chi connectivity index (χ4n) is 1.69. The van der Waals surface area contributed by atoms with Crippen molar-refractivity contribution >= 4 is 35.2 Å². The van der Waals surface area contributed by atoms with Crippen LogP contribution < -0.4 is 0 Å². The summed E-state index contributed by atoms with van der Waals surface area (Å²) in [6, 6.07) is 6.14. The minimum absolute atomic E-state index is 0.231. The van der Waals surface area contributed by atoms with Crippen LogP contribution in [0.1, 0.15) is 26.3 Å². The predicted molar refractivity (Wildman–Crippen MR) is 85.8 cm³/mol. The summed E-state index contributed by atoms with van der Waals surface area (Å²) in [5.74, 6) is 0. The molecule has 0 amide bonds. The Morgan fingerprint density at radius 1 is 1.32 bits per heavy atom. The number of rotatable bonds is 3. The van der Waals surface area contributed by atoms with Crippen LogP contribution in [0.5, 0.6) is 0 Å². The molecule has 19 heavy (non-hydrogen) atoms. The van der Waals surface area contributed by atoms with Crippen LogP contribution in [0.25, 0.3) is 10.9 Å². The highest BCUT2D eigenvalue weighted by atomic mass is 79.9. The van der Waals surface area contributed by atoms with Gasteiger partial charge in [-0.25, -0.2) is 0 Å². The minimum Gasteiger partial charge on any atom is -0.413 e. The van der Waals surface area contributed by atoms with E-state index >= 15 is 0 Å². The lowest BCUT2D eigenvalue weighted by atomic mass is 10.1. The predicted octanol–water partition coefficient (Wildman–Crippen LogP) is 4.85. The van der Waals surface area contributed by atoms with Gasteiger partial charge in [0.05, 0.1) is 12.1 Å². The van der Waals surface area contributed by atoms with Crippen molar-refractivity contribution in [3.63, 3.8) is 0 Å². The number of hydrogen-bond donors (Lipinski definition) is 1. The van der Waals surface area contributed by atoms with Gasteiger partial charge in [-0.15, -0.1) is 0 Å². The van der Waals surface area contributed by atoms with E-state index < -0.39 is 8.32 Å². The molecule has 0 unspecified atom stereocenters. The number of H-pyrrole nitrogens is 1. The third kappa shape index (κ3) is 2.93. The molecule has 0 radical (unpaired) electrons. The molecule has 1 N–H and O–H groups in total. The molecule has 1 aromatic carbocycles. The maximum Gasteiger partial charge on any atom is 0.192 e. The number of nitrogens with one attached hydrogen (secondary N) is 1. The molecular weight excluding hydrogens is 320 g/mol. The van der Waals surface area contributed by atoms with Gasteiger partial charge in [0.2, 0.25) is 0 Å². The number of aromatic amines is 1. The molecule has 0 fully saturated rings. The summed E-state index contributed by atoms with van der Waals surface area (Å²) in [4.78, 5) is 0. The molecule has 0 atom stereocenters. The van der Waals surface area contributed by atoms with Crippen molar-refractivity contribution in [1.82, 2.24) is 10.2 Å². The summed E-state index contributed by atoms with van der Waals surface area (Å²) in [6.07, 6.45) is 0. The van der Waals surface area contributed by atoms with Crippen molar-refractivity contribution in [3.05, 3.63) is 28.4 Å². The van der Waals surface area contributed by atoms with Crippen molar-refractivity contribution in [2.75, 3.05) is 0 Å². The number of aromatic nitrogens is 2. The third-order valence-electron chi connectivity index (χ3n) is 4.02. The Morgan fingerprint density at radius 2 is 2.00 bits per heavy atom. The van der Waals surface area contributed by atoms with Gasteiger partial charge in [-0.1, -0.05) is 32.9 Å². The minimum atomic E-state index is -1.72. The topological polar surface area (TPSA) is 37.9 Å². The molecule has 1 aromatic heterocycles. The standard InChI is InChI=1S/C14H21BrN2OSi/c1-14(2,3)19(4,5)18-9-10-7-6-8-11-12(10)13(15)17-16-11/h6-8H,9H2,1-5H3,(H,16,17). The van der Waals surface area contributed by atoms with Crippen LogP contribution in [0.15, 0.2) is 22.8 Å². The Balaban J connectivity index is 2.26. The number of benzene rings is 1. The SMILES string of the molecule is CC(C)(C)[Si](C)(C)OCc1cccc2n[nH]c(Br)c12. The average molecular weight is 341 g/mol. The number of hydrogen-bond acceptors (Lipinski definition) is 2. The van der Waals surface area contributed by atoms with Gasteiger partial charge in [-0.2, -0.15) is 5.10 Å². The van der Waals surface area contributed by atoms with Crippen LogP contribution in [-0.4, -0.2) is 18.5 Å². The molecule has 0 spiro atoms. The molecule has 5 heteroatoms. The van der Waals surface area contributed by atoms with Gasteiger partial charge in [-0.05, 0) is 45.7 Å². The van der Waals surface area contributed by atoms with Crippen LogP contribution in [0.3, 0.4) is 0 Å². The monoisotopic (exact) mass is 340 g/mol. The van der Waals surface area contributed by atoms with Gasteiger partial charge in [0.25, 0.3) is 0 Å². The van der Waals surface area contributed by atoms with Gasteiger partial charge in [0, 0.05) is 5.39 Å². The molecule has 0 aliphatic rings. The lowest BCUT2D eigenvalue weighted by Crippen LogP contribution is -2.40. The third-order valence-corrected chi connectivity index (χ3v) is 9.07. The van der Waals surface area contributed by atoms with E-state index in [1.807, 2.05) is 12.1 Å². The van der Waals surface area contributed by atoms with E-state index in [2.05, 4.69) is 66.1 Å². The van der Waals surface area contributed by atoms with E-state index in [1.165, 1.54) is 5.56 Å². The molecule has 0 aliphatic carbocycles. The fourth-order valence-corrected chi connectivity index (χ4v) is 3.19. The molecule has 2 aromatic rings. The fraction of sp³-hybridized carbons (Fsp3) is 0.500. The summed E-state index contributed by atoms with van der Waals surface area (Å²) < 4.78 is 7.22. The highest BCUT2D eigenvalue weighted by Crippen LogP contribution is 2.37. The summed E-state index contributed by atoms with van der Waals surface area (Å²) in [5.41, 5.74) is 2.16. The maximum atomic E-state index is 6.29. The van der Waals surface area contributed by atoms with Crippen LogP contribution >= 0.6 is 15.9 Å². The Morgan fingerprint density at radius 3 is 2.63 bits per heavy atom. The Labute approximate surface area is 124 Å². The largest absolute Gasteiger partial charge is 0.413 e. The zero-order valence-electron chi connectivity index (χ0n) is 12.2. The molecule has 0 saturated heterocycles. The second kappa shape index (κ2) is 5.03. The second-order valence-electron chi connectivity index (χ2n) is 6.40. The van der Waals surface area contributed by atoms with Crippen LogP contribution in [-0.2, 0) is 11.0 Å². The summed E-state index contributed by atoms with van der Waals surface area (Å²) in [6.45, 7) is 12.0. The van der Waals surface area contributed by atoms with Gasteiger partial charge < -0.3 is 4.43 Å². The number of fused-ring (bicyclic) bond motifs is 1. The number of nitrogens with zero attached hydrogens (tertiary/aromatic N) is 1. The quantitative estimate of drug-likeness (QED) is 0.811. The summed E-state index contributed by atoms with van der Waals surface area (Å²) in [5, 5.41) is 8.58. The normalized spacial score (nSPS) is 13.2. The Kier molecular flexibility index (Phi) is 3.91. The molecule has 0 saturated carbocycles. The first kappa shape index (κ1) is 14.7. The summed E-state index contributed by atoms with van der Waals surface area (Å²) >= 11 is 3.52. The van der Waals surface area contributed by atoms with E-state index in [9.17, 15) is 0 Å². The smallest absolute Gasteiger partial charge is 0.192 e. The van der Waals surface area contributed by atoms with Crippen LogP contribution in [0, 0.1) is 0 Å². The van der Waals surface area contributed by atoms with Crippen molar-refractivity contribution in [1.29, 1.82) is 0 Å². The first-order valence-electron chi connectivity index (χ1n) is 6.48. The first-order valence-corrected chi connectivity index (χ1v) is 10.2. The van der Waals surface area contributed by atoms with Gasteiger partial charge in [0.15, 0.2) is 8.32 Å². The van der Waals surface area contributed by atoms with Crippen molar-refractivity contribution in [3.8, 4) is 0 Å². The zero-order valence-corrected chi connectivity index (χ0v) is 14.8. The maximum absolute atomic E-state index is 6.29. The van der Waals surface area contributed by atoms with Crippen LogP contribution in [0.2, 0.25) is 18.1 Å². The zero-order chi connectivity index (χ0) is 14.3. The highest BCUT2D eigenvalue weighted by molar-refractivity contribution is 9.10. The van der Waals surface area contributed by atoms with E-state index in [4.69, 9.17) is 4.43 Å². The molecule has 2 rings (SSSR count). The van der Waals surface area contributed by atoms with E-state index in [-0.39, 0.29) is 5.04 Å². The summed E-state index contributed by atoms with van der Waals surface area (Å²) in [7, 11) is -1.72. The Hall–Kier alpha value is -0.653. The Bertz CT molecular complexity index is 587.